The Kier molecular flexibility index (Phi) is 7.50. The molecule has 0 spiro atoms. The summed E-state index contributed by atoms with van der Waals surface area (Å²) in [5, 5.41) is 14.5. The molecule has 0 saturated carbocycles. The molecule has 0 aliphatic heterocycles. The monoisotopic (exact) mass is 418 g/mol. The number of hydrogen-bond donors (Lipinski definition) is 3. The summed E-state index contributed by atoms with van der Waals surface area (Å²) in [6.45, 7) is -0.328. The van der Waals surface area contributed by atoms with Crippen molar-refractivity contribution in [2.75, 3.05) is 30.4 Å². The van der Waals surface area contributed by atoms with Crippen LogP contribution in [0.3, 0.4) is 0 Å². The molecule has 0 unspecified atom stereocenters. The molecule has 3 aromatic rings. The van der Waals surface area contributed by atoms with Crippen LogP contribution in [0.15, 0.2) is 78.9 Å². The van der Waals surface area contributed by atoms with E-state index in [9.17, 15) is 14.4 Å². The number of hydrogen-bond acceptors (Lipinski definition) is 6. The number of rotatable bonds is 9. The van der Waals surface area contributed by atoms with Crippen LogP contribution in [-0.2, 0) is 9.53 Å². The van der Waals surface area contributed by atoms with Crippen molar-refractivity contribution in [1.29, 1.82) is 0 Å². The van der Waals surface area contributed by atoms with Crippen molar-refractivity contribution in [3.05, 3.63) is 95.6 Å². The number of aliphatic hydroxyl groups excluding tert-OH is 1. The SMILES string of the molecule is O=C(COC(=O)c1ccccc1NCCO)Nc1ccccc1C(=O)c1ccccc1. The number of carbonyl (C=O) groups excluding carboxylic acids is 3. The highest BCUT2D eigenvalue weighted by Crippen LogP contribution is 2.20. The standard InChI is InChI=1S/C24H22N2O5/c27-15-14-25-20-12-6-5-11-19(20)24(30)31-16-22(28)26-21-13-7-4-10-18(21)23(29)17-8-2-1-3-9-17/h1-13,25,27H,14-16H2,(H,26,28). The summed E-state index contributed by atoms with van der Waals surface area (Å²) in [5.74, 6) is -1.47. The number of aliphatic hydroxyl groups is 1. The van der Waals surface area contributed by atoms with Crippen molar-refractivity contribution < 1.29 is 24.2 Å². The van der Waals surface area contributed by atoms with Crippen molar-refractivity contribution >= 4 is 29.0 Å². The van der Waals surface area contributed by atoms with E-state index in [0.717, 1.165) is 0 Å². The summed E-state index contributed by atoms with van der Waals surface area (Å²) in [4.78, 5) is 37.5. The van der Waals surface area contributed by atoms with Gasteiger partial charge in [-0.25, -0.2) is 4.79 Å². The van der Waals surface area contributed by atoms with Gasteiger partial charge in [-0.15, -0.1) is 0 Å². The lowest BCUT2D eigenvalue weighted by atomic mass is 10.0. The molecule has 3 rings (SSSR count). The van der Waals surface area contributed by atoms with E-state index in [0.29, 0.717) is 22.5 Å². The van der Waals surface area contributed by atoms with Gasteiger partial charge in [0, 0.05) is 23.4 Å². The van der Waals surface area contributed by atoms with Crippen LogP contribution in [-0.4, -0.2) is 42.5 Å². The van der Waals surface area contributed by atoms with E-state index in [-0.39, 0.29) is 24.5 Å². The topological polar surface area (TPSA) is 105 Å². The second kappa shape index (κ2) is 10.7. The number of carbonyl (C=O) groups is 3. The smallest absolute Gasteiger partial charge is 0.340 e. The summed E-state index contributed by atoms with van der Waals surface area (Å²) in [5.41, 5.74) is 1.93. The molecule has 3 aromatic carbocycles. The summed E-state index contributed by atoms with van der Waals surface area (Å²) in [6.07, 6.45) is 0. The molecule has 0 bridgehead atoms. The van der Waals surface area contributed by atoms with E-state index in [2.05, 4.69) is 10.6 Å². The first kappa shape index (κ1) is 21.7. The van der Waals surface area contributed by atoms with Gasteiger partial charge in [0.1, 0.15) is 0 Å². The molecule has 0 radical (unpaired) electrons. The minimum Gasteiger partial charge on any atom is -0.452 e. The third-order valence-corrected chi connectivity index (χ3v) is 4.39. The Morgan fingerprint density at radius 3 is 2.10 bits per heavy atom. The molecule has 0 fully saturated rings. The Labute approximate surface area is 179 Å². The number of ether oxygens (including phenoxy) is 1. The zero-order valence-corrected chi connectivity index (χ0v) is 16.7. The number of para-hydroxylation sites is 2. The fourth-order valence-electron chi connectivity index (χ4n) is 2.94. The largest absolute Gasteiger partial charge is 0.452 e. The Bertz CT molecular complexity index is 1070. The van der Waals surface area contributed by atoms with Gasteiger partial charge >= 0.3 is 5.97 Å². The molecule has 3 N–H and O–H groups in total. The predicted molar refractivity (Wildman–Crippen MR) is 117 cm³/mol. The van der Waals surface area contributed by atoms with Gasteiger partial charge in [0.25, 0.3) is 5.91 Å². The number of benzene rings is 3. The molecular weight excluding hydrogens is 396 g/mol. The maximum Gasteiger partial charge on any atom is 0.340 e. The van der Waals surface area contributed by atoms with Crippen molar-refractivity contribution in [3.8, 4) is 0 Å². The lowest BCUT2D eigenvalue weighted by Gasteiger charge is -2.12. The first-order valence-electron chi connectivity index (χ1n) is 9.69. The maximum atomic E-state index is 12.8. The van der Waals surface area contributed by atoms with Gasteiger partial charge in [-0.05, 0) is 24.3 Å². The lowest BCUT2D eigenvalue weighted by molar-refractivity contribution is -0.119. The normalized spacial score (nSPS) is 10.2. The van der Waals surface area contributed by atoms with Crippen LogP contribution in [0.5, 0.6) is 0 Å². The summed E-state index contributed by atoms with van der Waals surface area (Å²) in [7, 11) is 0. The second-order valence-corrected chi connectivity index (χ2v) is 6.56. The van der Waals surface area contributed by atoms with Crippen molar-refractivity contribution in [1.82, 2.24) is 0 Å². The quantitative estimate of drug-likeness (QED) is 0.364. The molecule has 0 atom stereocenters. The Morgan fingerprint density at radius 2 is 1.39 bits per heavy atom. The third-order valence-electron chi connectivity index (χ3n) is 4.39. The number of anilines is 2. The van der Waals surface area contributed by atoms with Gasteiger partial charge in [0.2, 0.25) is 0 Å². The number of nitrogens with one attached hydrogen (secondary N) is 2. The van der Waals surface area contributed by atoms with Crippen molar-refractivity contribution in [3.63, 3.8) is 0 Å². The Morgan fingerprint density at radius 1 is 0.774 bits per heavy atom. The average Bonchev–Trinajstić information content (AvgIpc) is 2.82. The minimum absolute atomic E-state index is 0.0904. The van der Waals surface area contributed by atoms with E-state index in [1.165, 1.54) is 0 Å². The molecule has 31 heavy (non-hydrogen) atoms. The highest BCUT2D eigenvalue weighted by atomic mass is 16.5. The van der Waals surface area contributed by atoms with Crippen LogP contribution in [0.2, 0.25) is 0 Å². The minimum atomic E-state index is -0.676. The van der Waals surface area contributed by atoms with Crippen molar-refractivity contribution in [2.45, 2.75) is 0 Å². The van der Waals surface area contributed by atoms with Gasteiger partial charge in [-0.2, -0.15) is 0 Å². The fraction of sp³-hybridized carbons (Fsp3) is 0.125. The molecule has 7 nitrogen and oxygen atoms in total. The summed E-state index contributed by atoms with van der Waals surface area (Å²) in [6, 6.07) is 22.1. The fourth-order valence-corrected chi connectivity index (χ4v) is 2.94. The zero-order chi connectivity index (χ0) is 22.1. The van der Waals surface area contributed by atoms with Crippen LogP contribution in [0.25, 0.3) is 0 Å². The van der Waals surface area contributed by atoms with Gasteiger partial charge in [-0.3, -0.25) is 9.59 Å². The van der Waals surface area contributed by atoms with Crippen LogP contribution in [0, 0.1) is 0 Å². The molecule has 1 amide bonds. The molecule has 0 aromatic heterocycles. The average molecular weight is 418 g/mol. The molecule has 0 saturated heterocycles. The molecular formula is C24H22N2O5. The van der Waals surface area contributed by atoms with Crippen LogP contribution in [0.1, 0.15) is 26.3 Å². The second-order valence-electron chi connectivity index (χ2n) is 6.56. The predicted octanol–water partition coefficient (Wildman–Crippen LogP) is 3.12. The molecule has 7 heteroatoms. The summed E-state index contributed by atoms with van der Waals surface area (Å²) < 4.78 is 5.13. The molecule has 158 valence electrons. The van der Waals surface area contributed by atoms with E-state index in [4.69, 9.17) is 9.84 Å². The third kappa shape index (κ3) is 5.77. The zero-order valence-electron chi connectivity index (χ0n) is 16.7. The van der Waals surface area contributed by atoms with E-state index >= 15 is 0 Å². The van der Waals surface area contributed by atoms with Crippen molar-refractivity contribution in [2.24, 2.45) is 0 Å². The van der Waals surface area contributed by atoms with Gasteiger partial charge in [-0.1, -0.05) is 54.6 Å². The first-order chi connectivity index (χ1) is 15.1. The summed E-state index contributed by atoms with van der Waals surface area (Å²) >= 11 is 0. The Hall–Kier alpha value is -3.97. The number of esters is 1. The van der Waals surface area contributed by atoms with Gasteiger partial charge < -0.3 is 20.5 Å². The maximum absolute atomic E-state index is 12.8. The molecule has 0 aliphatic carbocycles. The highest BCUT2D eigenvalue weighted by molar-refractivity contribution is 6.14. The van der Waals surface area contributed by atoms with Crippen LogP contribution in [0.4, 0.5) is 11.4 Å². The first-order valence-corrected chi connectivity index (χ1v) is 9.69. The van der Waals surface area contributed by atoms with Gasteiger partial charge in [0.05, 0.1) is 17.9 Å². The van der Waals surface area contributed by atoms with E-state index < -0.39 is 18.5 Å². The number of amides is 1. The Balaban J connectivity index is 1.65. The van der Waals surface area contributed by atoms with E-state index in [1.54, 1.807) is 72.8 Å². The van der Waals surface area contributed by atoms with Crippen LogP contribution < -0.4 is 10.6 Å². The molecule has 0 heterocycles. The van der Waals surface area contributed by atoms with Crippen LogP contribution >= 0.6 is 0 Å². The highest BCUT2D eigenvalue weighted by Gasteiger charge is 2.17. The lowest BCUT2D eigenvalue weighted by Crippen LogP contribution is -2.22. The molecule has 0 aliphatic rings. The number of ketones is 1. The van der Waals surface area contributed by atoms with Gasteiger partial charge in [0.15, 0.2) is 12.4 Å². The van der Waals surface area contributed by atoms with E-state index in [1.807, 2.05) is 6.07 Å².